The smallest absolute Gasteiger partial charge is 0.0717 e. The van der Waals surface area contributed by atoms with Gasteiger partial charge in [-0.15, -0.1) is 0 Å². The molecule has 1 heterocycles. The minimum Gasteiger partial charge on any atom is -0.374 e. The Kier molecular flexibility index (Phi) is 6.26. The average molecular weight is 213 g/mol. The zero-order valence-corrected chi connectivity index (χ0v) is 10.7. The summed E-state index contributed by atoms with van der Waals surface area (Å²) in [6.07, 6.45) is 8.58. The van der Waals surface area contributed by atoms with Crippen molar-refractivity contribution in [2.24, 2.45) is 0 Å². The molecule has 2 atom stereocenters. The summed E-state index contributed by atoms with van der Waals surface area (Å²) in [5.74, 6) is 0. The second kappa shape index (κ2) is 7.24. The van der Waals surface area contributed by atoms with E-state index in [1.54, 1.807) is 0 Å². The van der Waals surface area contributed by atoms with Crippen molar-refractivity contribution in [1.82, 2.24) is 4.90 Å². The molecule has 0 bridgehead atoms. The lowest BCUT2D eigenvalue weighted by Crippen LogP contribution is -2.25. The van der Waals surface area contributed by atoms with Crippen molar-refractivity contribution in [3.63, 3.8) is 0 Å². The van der Waals surface area contributed by atoms with E-state index in [4.69, 9.17) is 4.74 Å². The molecular weight excluding hydrogens is 186 g/mol. The molecule has 0 radical (unpaired) electrons. The summed E-state index contributed by atoms with van der Waals surface area (Å²) < 4.78 is 6.18. The van der Waals surface area contributed by atoms with Gasteiger partial charge in [0, 0.05) is 13.1 Å². The Morgan fingerprint density at radius 3 is 2.60 bits per heavy atom. The molecule has 1 saturated heterocycles. The van der Waals surface area contributed by atoms with Crippen LogP contribution in [-0.2, 0) is 4.74 Å². The van der Waals surface area contributed by atoms with Gasteiger partial charge >= 0.3 is 0 Å². The first-order valence-corrected chi connectivity index (χ1v) is 6.60. The van der Waals surface area contributed by atoms with E-state index in [0.717, 1.165) is 6.54 Å². The molecular formula is C13H27NO. The van der Waals surface area contributed by atoms with Crippen LogP contribution in [0.5, 0.6) is 0 Å². The molecule has 0 amide bonds. The fraction of sp³-hybridized carbons (Fsp3) is 1.00. The van der Waals surface area contributed by atoms with Crippen LogP contribution in [0.25, 0.3) is 0 Å². The molecule has 2 unspecified atom stereocenters. The topological polar surface area (TPSA) is 12.5 Å². The predicted octanol–water partition coefficient (Wildman–Crippen LogP) is 3.07. The summed E-state index contributed by atoms with van der Waals surface area (Å²) >= 11 is 0. The number of ether oxygens (including phenoxy) is 1. The number of likely N-dealkylation sites (tertiary alicyclic amines) is 1. The van der Waals surface area contributed by atoms with E-state index >= 15 is 0 Å². The van der Waals surface area contributed by atoms with E-state index < -0.39 is 0 Å². The van der Waals surface area contributed by atoms with Gasteiger partial charge in [-0.25, -0.2) is 0 Å². The molecule has 0 N–H and O–H groups in total. The van der Waals surface area contributed by atoms with Gasteiger partial charge in [-0.05, 0) is 26.3 Å². The first-order valence-electron chi connectivity index (χ1n) is 6.60. The van der Waals surface area contributed by atoms with Crippen molar-refractivity contribution < 1.29 is 4.74 Å². The molecule has 0 aromatic rings. The summed E-state index contributed by atoms with van der Waals surface area (Å²) in [7, 11) is 2.18. The van der Waals surface area contributed by atoms with Gasteiger partial charge in [-0.2, -0.15) is 0 Å². The number of likely N-dealkylation sites (N-methyl/N-ethyl adjacent to an activating group) is 1. The highest BCUT2D eigenvalue weighted by molar-refractivity contribution is 4.75. The van der Waals surface area contributed by atoms with Crippen molar-refractivity contribution >= 4 is 0 Å². The van der Waals surface area contributed by atoms with Gasteiger partial charge in [0.15, 0.2) is 0 Å². The van der Waals surface area contributed by atoms with Crippen molar-refractivity contribution in [2.75, 3.05) is 20.1 Å². The van der Waals surface area contributed by atoms with Gasteiger partial charge in [0.2, 0.25) is 0 Å². The second-order valence-corrected chi connectivity index (χ2v) is 4.86. The lowest BCUT2D eigenvalue weighted by Gasteiger charge is -2.21. The highest BCUT2D eigenvalue weighted by Crippen LogP contribution is 2.18. The third kappa shape index (κ3) is 4.98. The van der Waals surface area contributed by atoms with Crippen LogP contribution in [0.4, 0.5) is 0 Å². The monoisotopic (exact) mass is 213 g/mol. The number of unbranched alkanes of at least 4 members (excludes halogenated alkanes) is 1. The third-order valence-electron chi connectivity index (χ3n) is 3.22. The van der Waals surface area contributed by atoms with Gasteiger partial charge in [0.1, 0.15) is 0 Å². The Bertz CT molecular complexity index is 161. The number of hydrogen-bond donors (Lipinski definition) is 0. The van der Waals surface area contributed by atoms with Crippen LogP contribution in [0, 0.1) is 0 Å². The maximum absolute atomic E-state index is 6.18. The highest BCUT2D eigenvalue weighted by atomic mass is 16.5. The van der Waals surface area contributed by atoms with Crippen molar-refractivity contribution in [3.8, 4) is 0 Å². The molecule has 0 saturated carbocycles. The zero-order valence-electron chi connectivity index (χ0n) is 10.7. The Labute approximate surface area is 95.0 Å². The Hall–Kier alpha value is -0.0800. The summed E-state index contributed by atoms with van der Waals surface area (Å²) in [5.41, 5.74) is 0. The van der Waals surface area contributed by atoms with Gasteiger partial charge < -0.3 is 9.64 Å². The lowest BCUT2D eigenvalue weighted by atomic mass is 10.1. The number of nitrogens with zero attached hydrogens (tertiary/aromatic N) is 1. The molecule has 2 nitrogen and oxygen atoms in total. The molecule has 0 spiro atoms. The SMILES string of the molecule is CCCCC(CCC)OC1CCN(C)C1. The van der Waals surface area contributed by atoms with E-state index in [1.165, 1.54) is 45.1 Å². The van der Waals surface area contributed by atoms with Gasteiger partial charge in [0.05, 0.1) is 12.2 Å². The van der Waals surface area contributed by atoms with Gasteiger partial charge in [-0.3, -0.25) is 0 Å². The van der Waals surface area contributed by atoms with E-state index in [-0.39, 0.29) is 0 Å². The molecule has 1 aliphatic heterocycles. The van der Waals surface area contributed by atoms with Crippen LogP contribution in [0.2, 0.25) is 0 Å². The quantitative estimate of drug-likeness (QED) is 0.644. The Morgan fingerprint density at radius 1 is 1.27 bits per heavy atom. The molecule has 1 fully saturated rings. The number of hydrogen-bond acceptors (Lipinski definition) is 2. The van der Waals surface area contributed by atoms with Crippen LogP contribution >= 0.6 is 0 Å². The van der Waals surface area contributed by atoms with Crippen molar-refractivity contribution in [1.29, 1.82) is 0 Å². The van der Waals surface area contributed by atoms with Crippen LogP contribution < -0.4 is 0 Å². The van der Waals surface area contributed by atoms with E-state index in [9.17, 15) is 0 Å². The van der Waals surface area contributed by atoms with Crippen molar-refractivity contribution in [2.45, 2.75) is 64.6 Å². The molecule has 15 heavy (non-hydrogen) atoms. The molecule has 0 aromatic heterocycles. The highest BCUT2D eigenvalue weighted by Gasteiger charge is 2.22. The van der Waals surface area contributed by atoms with E-state index in [1.807, 2.05) is 0 Å². The van der Waals surface area contributed by atoms with E-state index in [2.05, 4.69) is 25.8 Å². The maximum Gasteiger partial charge on any atom is 0.0717 e. The predicted molar refractivity (Wildman–Crippen MR) is 65.2 cm³/mol. The average Bonchev–Trinajstić information content (AvgIpc) is 2.61. The van der Waals surface area contributed by atoms with Crippen LogP contribution in [0.15, 0.2) is 0 Å². The molecule has 2 heteroatoms. The largest absolute Gasteiger partial charge is 0.374 e. The maximum atomic E-state index is 6.18. The summed E-state index contributed by atoms with van der Waals surface area (Å²) in [6.45, 7) is 6.85. The Balaban J connectivity index is 2.23. The summed E-state index contributed by atoms with van der Waals surface area (Å²) in [5, 5.41) is 0. The van der Waals surface area contributed by atoms with Crippen LogP contribution in [0.3, 0.4) is 0 Å². The molecule has 0 aliphatic carbocycles. The van der Waals surface area contributed by atoms with E-state index in [0.29, 0.717) is 12.2 Å². The summed E-state index contributed by atoms with van der Waals surface area (Å²) in [4.78, 5) is 2.37. The lowest BCUT2D eigenvalue weighted by molar-refractivity contribution is -0.0150. The fourth-order valence-corrected chi connectivity index (χ4v) is 2.31. The molecule has 1 rings (SSSR count). The third-order valence-corrected chi connectivity index (χ3v) is 3.22. The van der Waals surface area contributed by atoms with Gasteiger partial charge in [0.25, 0.3) is 0 Å². The summed E-state index contributed by atoms with van der Waals surface area (Å²) in [6, 6.07) is 0. The normalized spacial score (nSPS) is 24.6. The molecule has 0 aromatic carbocycles. The number of rotatable bonds is 7. The van der Waals surface area contributed by atoms with Crippen LogP contribution in [-0.4, -0.2) is 37.2 Å². The Morgan fingerprint density at radius 2 is 2.07 bits per heavy atom. The molecule has 1 aliphatic rings. The zero-order chi connectivity index (χ0) is 11.1. The molecule has 90 valence electrons. The fourth-order valence-electron chi connectivity index (χ4n) is 2.31. The second-order valence-electron chi connectivity index (χ2n) is 4.86. The van der Waals surface area contributed by atoms with Crippen molar-refractivity contribution in [3.05, 3.63) is 0 Å². The standard InChI is InChI=1S/C13H27NO/c1-4-6-8-12(7-5-2)15-13-9-10-14(3)11-13/h12-13H,4-11H2,1-3H3. The minimum absolute atomic E-state index is 0.503. The minimum atomic E-state index is 0.503. The van der Waals surface area contributed by atoms with Crippen LogP contribution in [0.1, 0.15) is 52.4 Å². The first kappa shape index (κ1) is 13.0. The first-order chi connectivity index (χ1) is 7.26. The van der Waals surface area contributed by atoms with Gasteiger partial charge in [-0.1, -0.05) is 33.1 Å².